The largest absolute Gasteiger partial charge is 0.395 e. The molecule has 0 atom stereocenters. The van der Waals surface area contributed by atoms with Gasteiger partial charge in [0, 0.05) is 18.8 Å². The fraction of sp³-hybridized carbons (Fsp3) is 0.688. The summed E-state index contributed by atoms with van der Waals surface area (Å²) in [5.41, 5.74) is 1.40. The molecule has 1 saturated carbocycles. The highest BCUT2D eigenvalue weighted by atomic mass is 16.3. The van der Waals surface area contributed by atoms with Crippen LogP contribution in [0, 0.1) is 0 Å². The molecule has 0 aromatic carbocycles. The number of aliphatic hydroxyl groups excluding tert-OH is 1. The first-order valence-electron chi connectivity index (χ1n) is 7.36. The van der Waals surface area contributed by atoms with Crippen molar-refractivity contribution in [2.24, 2.45) is 0 Å². The third-order valence-electron chi connectivity index (χ3n) is 4.01. The molecular formula is C16H26N2O. The highest BCUT2D eigenvalue weighted by molar-refractivity contribution is 5.42. The van der Waals surface area contributed by atoms with Crippen molar-refractivity contribution in [2.45, 2.75) is 57.9 Å². The van der Waals surface area contributed by atoms with Crippen LogP contribution in [0.1, 0.15) is 52.0 Å². The molecule has 1 aliphatic rings. The second-order valence-electron chi connectivity index (χ2n) is 6.51. The average molecular weight is 262 g/mol. The molecule has 1 aliphatic carbocycles. The van der Waals surface area contributed by atoms with Crippen LogP contribution in [0.5, 0.6) is 0 Å². The Morgan fingerprint density at radius 1 is 1.26 bits per heavy atom. The summed E-state index contributed by atoms with van der Waals surface area (Å²) in [5, 5.41) is 9.27. The molecule has 0 bridgehead atoms. The molecule has 0 aliphatic heterocycles. The number of anilines is 1. The van der Waals surface area contributed by atoms with Gasteiger partial charge in [-0.05, 0) is 29.9 Å². The minimum absolute atomic E-state index is 0.140. The van der Waals surface area contributed by atoms with Gasteiger partial charge >= 0.3 is 0 Å². The fourth-order valence-electron chi connectivity index (χ4n) is 2.81. The lowest BCUT2D eigenvalue weighted by Crippen LogP contribution is -2.36. The van der Waals surface area contributed by atoms with Crippen LogP contribution in [0.3, 0.4) is 0 Å². The van der Waals surface area contributed by atoms with Crippen molar-refractivity contribution in [2.75, 3.05) is 18.1 Å². The van der Waals surface area contributed by atoms with E-state index in [2.05, 4.69) is 42.8 Å². The predicted octanol–water partition coefficient (Wildman–Crippen LogP) is 3.12. The Labute approximate surface area is 116 Å². The van der Waals surface area contributed by atoms with E-state index >= 15 is 0 Å². The van der Waals surface area contributed by atoms with Crippen LogP contribution in [0.2, 0.25) is 0 Å². The summed E-state index contributed by atoms with van der Waals surface area (Å²) >= 11 is 0. The normalized spacial score (nSPS) is 16.8. The van der Waals surface area contributed by atoms with Crippen LogP contribution in [0.25, 0.3) is 0 Å². The molecule has 0 spiro atoms. The van der Waals surface area contributed by atoms with E-state index in [9.17, 15) is 5.11 Å². The van der Waals surface area contributed by atoms with E-state index in [1.165, 1.54) is 31.2 Å². The maximum atomic E-state index is 9.27. The first-order chi connectivity index (χ1) is 9.02. The summed E-state index contributed by atoms with van der Waals surface area (Å²) in [6, 6.07) is 4.83. The van der Waals surface area contributed by atoms with Gasteiger partial charge in [-0.25, -0.2) is 4.98 Å². The molecule has 0 saturated heterocycles. The number of hydrogen-bond acceptors (Lipinski definition) is 3. The van der Waals surface area contributed by atoms with Gasteiger partial charge in [-0.3, -0.25) is 0 Å². The van der Waals surface area contributed by atoms with Gasteiger partial charge in [0.15, 0.2) is 0 Å². The quantitative estimate of drug-likeness (QED) is 0.905. The molecule has 0 amide bonds. The summed E-state index contributed by atoms with van der Waals surface area (Å²) in [6.45, 7) is 7.48. The number of aliphatic hydroxyl groups is 1. The zero-order valence-corrected chi connectivity index (χ0v) is 12.4. The van der Waals surface area contributed by atoms with Crippen LogP contribution >= 0.6 is 0 Å². The number of pyridine rings is 1. The SMILES string of the molecule is CC(C)(C)c1ccc(N(CCO)C2CCCC2)nc1. The molecule has 1 heterocycles. The molecule has 1 aromatic heterocycles. The number of aromatic nitrogens is 1. The van der Waals surface area contributed by atoms with Gasteiger partial charge < -0.3 is 10.0 Å². The molecule has 1 N–H and O–H groups in total. The van der Waals surface area contributed by atoms with Crippen molar-refractivity contribution in [3.8, 4) is 0 Å². The van der Waals surface area contributed by atoms with Crippen molar-refractivity contribution in [3.63, 3.8) is 0 Å². The lowest BCUT2D eigenvalue weighted by Gasteiger charge is -2.30. The number of nitrogens with zero attached hydrogens (tertiary/aromatic N) is 2. The standard InChI is InChI=1S/C16H26N2O/c1-16(2,3)13-8-9-15(17-12-13)18(10-11-19)14-6-4-5-7-14/h8-9,12,14,19H,4-7,10-11H2,1-3H3. The third kappa shape index (κ3) is 3.47. The van der Waals surface area contributed by atoms with Gasteiger partial charge in [-0.15, -0.1) is 0 Å². The molecular weight excluding hydrogens is 236 g/mol. The Morgan fingerprint density at radius 2 is 1.95 bits per heavy atom. The Balaban J connectivity index is 2.17. The van der Waals surface area contributed by atoms with Gasteiger partial charge in [0.1, 0.15) is 5.82 Å². The second-order valence-corrected chi connectivity index (χ2v) is 6.51. The van der Waals surface area contributed by atoms with Gasteiger partial charge in [0.2, 0.25) is 0 Å². The fourth-order valence-corrected chi connectivity index (χ4v) is 2.81. The highest BCUT2D eigenvalue weighted by Gasteiger charge is 2.23. The lowest BCUT2D eigenvalue weighted by atomic mass is 9.88. The molecule has 2 rings (SSSR count). The minimum atomic E-state index is 0.140. The van der Waals surface area contributed by atoms with Crippen molar-refractivity contribution in [1.29, 1.82) is 0 Å². The van der Waals surface area contributed by atoms with E-state index in [1.54, 1.807) is 0 Å². The Morgan fingerprint density at radius 3 is 2.42 bits per heavy atom. The van der Waals surface area contributed by atoms with Gasteiger partial charge in [-0.2, -0.15) is 0 Å². The molecule has 3 heteroatoms. The van der Waals surface area contributed by atoms with E-state index < -0.39 is 0 Å². The van der Waals surface area contributed by atoms with Crippen LogP contribution in [-0.2, 0) is 5.41 Å². The molecule has 19 heavy (non-hydrogen) atoms. The summed E-state index contributed by atoms with van der Waals surface area (Å²) in [6.07, 6.45) is 7.03. The highest BCUT2D eigenvalue weighted by Crippen LogP contribution is 2.28. The zero-order chi connectivity index (χ0) is 13.9. The van der Waals surface area contributed by atoms with Crippen molar-refractivity contribution < 1.29 is 5.11 Å². The molecule has 1 fully saturated rings. The smallest absolute Gasteiger partial charge is 0.128 e. The maximum absolute atomic E-state index is 9.27. The molecule has 0 unspecified atom stereocenters. The Kier molecular flexibility index (Phi) is 4.46. The number of hydrogen-bond donors (Lipinski definition) is 1. The van der Waals surface area contributed by atoms with E-state index in [0.717, 1.165) is 5.82 Å². The van der Waals surface area contributed by atoms with Crippen molar-refractivity contribution >= 4 is 5.82 Å². The number of rotatable bonds is 4. The zero-order valence-electron chi connectivity index (χ0n) is 12.4. The van der Waals surface area contributed by atoms with Crippen LogP contribution in [0.4, 0.5) is 5.82 Å². The van der Waals surface area contributed by atoms with Crippen LogP contribution in [-0.4, -0.2) is 29.3 Å². The monoisotopic (exact) mass is 262 g/mol. The third-order valence-corrected chi connectivity index (χ3v) is 4.01. The van der Waals surface area contributed by atoms with Gasteiger partial charge in [0.25, 0.3) is 0 Å². The van der Waals surface area contributed by atoms with Crippen LogP contribution in [0.15, 0.2) is 18.3 Å². The van der Waals surface area contributed by atoms with Gasteiger partial charge in [-0.1, -0.05) is 39.7 Å². The maximum Gasteiger partial charge on any atom is 0.128 e. The summed E-state index contributed by atoms with van der Waals surface area (Å²) in [7, 11) is 0. The predicted molar refractivity (Wildman–Crippen MR) is 79.6 cm³/mol. The second kappa shape index (κ2) is 5.91. The van der Waals surface area contributed by atoms with Crippen LogP contribution < -0.4 is 4.90 Å². The minimum Gasteiger partial charge on any atom is -0.395 e. The first kappa shape index (κ1) is 14.3. The molecule has 1 aromatic rings. The van der Waals surface area contributed by atoms with E-state index in [1.807, 2.05) is 6.20 Å². The lowest BCUT2D eigenvalue weighted by molar-refractivity contribution is 0.297. The summed E-state index contributed by atoms with van der Waals surface area (Å²) < 4.78 is 0. The Bertz CT molecular complexity index is 388. The van der Waals surface area contributed by atoms with E-state index in [-0.39, 0.29) is 12.0 Å². The summed E-state index contributed by atoms with van der Waals surface area (Å²) in [5.74, 6) is 1.01. The average Bonchev–Trinajstić information content (AvgIpc) is 2.89. The van der Waals surface area contributed by atoms with E-state index in [4.69, 9.17) is 0 Å². The topological polar surface area (TPSA) is 36.4 Å². The molecule has 3 nitrogen and oxygen atoms in total. The summed E-state index contributed by atoms with van der Waals surface area (Å²) in [4.78, 5) is 6.90. The van der Waals surface area contributed by atoms with Gasteiger partial charge in [0.05, 0.1) is 6.61 Å². The van der Waals surface area contributed by atoms with Crippen molar-refractivity contribution in [3.05, 3.63) is 23.9 Å². The van der Waals surface area contributed by atoms with Crippen molar-refractivity contribution in [1.82, 2.24) is 4.98 Å². The molecule has 0 radical (unpaired) electrons. The first-order valence-corrected chi connectivity index (χ1v) is 7.36. The van der Waals surface area contributed by atoms with E-state index in [0.29, 0.717) is 12.6 Å². The Hall–Kier alpha value is -1.09. The molecule has 106 valence electrons.